The van der Waals surface area contributed by atoms with E-state index in [1.807, 2.05) is 0 Å². The fraction of sp³-hybridized carbons (Fsp3) is 0.167. The molecule has 0 bridgehead atoms. The standard InChI is InChI=1S/C12H14N4O6/c1-5(17)13-9-3-8(12(20)16-22)10(14-6(2)18)4-7(9)11(19)15-21/h3-4,21-22H,1-2H3,(H,13,17)(H,14,18)(H,15,19)(H,16,20). The Hall–Kier alpha value is -2.98. The maximum absolute atomic E-state index is 11.6. The molecule has 6 N–H and O–H groups in total. The fourth-order valence-electron chi connectivity index (χ4n) is 1.68. The minimum Gasteiger partial charge on any atom is -0.326 e. The first-order valence-corrected chi connectivity index (χ1v) is 5.92. The number of carbonyl (C=O) groups excluding carboxylic acids is 4. The number of carbonyl (C=O) groups is 4. The van der Waals surface area contributed by atoms with Gasteiger partial charge in [0.25, 0.3) is 11.8 Å². The Kier molecular flexibility index (Phi) is 5.55. The molecule has 10 heteroatoms. The van der Waals surface area contributed by atoms with Crippen molar-refractivity contribution in [3.8, 4) is 0 Å². The Morgan fingerprint density at radius 1 is 0.773 bits per heavy atom. The zero-order valence-corrected chi connectivity index (χ0v) is 11.7. The number of hydroxylamine groups is 2. The van der Waals surface area contributed by atoms with E-state index in [0.29, 0.717) is 0 Å². The highest BCUT2D eigenvalue weighted by Crippen LogP contribution is 2.26. The van der Waals surface area contributed by atoms with Gasteiger partial charge in [-0.25, -0.2) is 11.0 Å². The second kappa shape index (κ2) is 7.15. The summed E-state index contributed by atoms with van der Waals surface area (Å²) in [5.74, 6) is -3.00. The lowest BCUT2D eigenvalue weighted by Gasteiger charge is -2.15. The molecular weight excluding hydrogens is 296 g/mol. The van der Waals surface area contributed by atoms with E-state index in [1.54, 1.807) is 0 Å². The SMILES string of the molecule is CC(=O)Nc1cc(C(=O)NO)c(NC(C)=O)cc1C(=O)NO. The Balaban J connectivity index is 3.54. The molecule has 22 heavy (non-hydrogen) atoms. The van der Waals surface area contributed by atoms with Crippen LogP contribution in [-0.4, -0.2) is 34.0 Å². The van der Waals surface area contributed by atoms with Crippen molar-refractivity contribution in [3.63, 3.8) is 0 Å². The van der Waals surface area contributed by atoms with E-state index in [-0.39, 0.29) is 22.5 Å². The second-order valence-corrected chi connectivity index (χ2v) is 4.19. The van der Waals surface area contributed by atoms with Crippen LogP contribution in [-0.2, 0) is 9.59 Å². The van der Waals surface area contributed by atoms with Gasteiger partial charge in [-0.1, -0.05) is 0 Å². The summed E-state index contributed by atoms with van der Waals surface area (Å²) in [5, 5.41) is 22.1. The van der Waals surface area contributed by atoms with Crippen LogP contribution in [0, 0.1) is 0 Å². The summed E-state index contributed by atoms with van der Waals surface area (Å²) in [6.45, 7) is 2.35. The average molecular weight is 310 g/mol. The van der Waals surface area contributed by atoms with Gasteiger partial charge in [-0.3, -0.25) is 29.6 Å². The molecule has 0 spiro atoms. The summed E-state index contributed by atoms with van der Waals surface area (Å²) in [6, 6.07) is 2.14. The van der Waals surface area contributed by atoms with E-state index in [0.717, 1.165) is 12.1 Å². The normalized spacial score (nSPS) is 9.64. The number of amides is 4. The average Bonchev–Trinajstić information content (AvgIpc) is 2.45. The topological polar surface area (TPSA) is 157 Å². The van der Waals surface area contributed by atoms with Gasteiger partial charge in [0.1, 0.15) is 0 Å². The summed E-state index contributed by atoms with van der Waals surface area (Å²) < 4.78 is 0. The van der Waals surface area contributed by atoms with Crippen LogP contribution in [0.15, 0.2) is 12.1 Å². The third-order valence-electron chi connectivity index (χ3n) is 2.47. The van der Waals surface area contributed by atoms with Crippen LogP contribution < -0.4 is 21.6 Å². The first-order chi connectivity index (χ1) is 10.3. The highest BCUT2D eigenvalue weighted by molar-refractivity contribution is 6.10. The maximum atomic E-state index is 11.6. The minimum absolute atomic E-state index is 0.0910. The molecule has 0 saturated carbocycles. The Morgan fingerprint density at radius 3 is 1.32 bits per heavy atom. The van der Waals surface area contributed by atoms with Crippen LogP contribution in [0.4, 0.5) is 11.4 Å². The van der Waals surface area contributed by atoms with Gasteiger partial charge in [0.2, 0.25) is 11.8 Å². The van der Waals surface area contributed by atoms with Crippen LogP contribution in [0.1, 0.15) is 34.6 Å². The van der Waals surface area contributed by atoms with Gasteiger partial charge in [-0.05, 0) is 12.1 Å². The van der Waals surface area contributed by atoms with Crippen molar-refractivity contribution in [1.82, 2.24) is 11.0 Å². The van der Waals surface area contributed by atoms with Gasteiger partial charge in [0.05, 0.1) is 22.5 Å². The van der Waals surface area contributed by atoms with E-state index in [4.69, 9.17) is 10.4 Å². The van der Waals surface area contributed by atoms with Crippen molar-refractivity contribution in [1.29, 1.82) is 0 Å². The lowest BCUT2D eigenvalue weighted by molar-refractivity contribution is -0.115. The lowest BCUT2D eigenvalue weighted by Crippen LogP contribution is -2.25. The van der Waals surface area contributed by atoms with Gasteiger partial charge in [0, 0.05) is 13.8 Å². The molecule has 0 heterocycles. The fourth-order valence-corrected chi connectivity index (χ4v) is 1.68. The predicted molar refractivity (Wildman–Crippen MR) is 73.6 cm³/mol. The molecule has 0 aromatic heterocycles. The van der Waals surface area contributed by atoms with Gasteiger partial charge >= 0.3 is 0 Å². The minimum atomic E-state index is -0.966. The van der Waals surface area contributed by atoms with E-state index in [9.17, 15) is 19.2 Å². The monoisotopic (exact) mass is 310 g/mol. The van der Waals surface area contributed by atoms with Gasteiger partial charge in [-0.2, -0.15) is 0 Å². The van der Waals surface area contributed by atoms with E-state index in [1.165, 1.54) is 24.8 Å². The molecule has 0 aliphatic heterocycles. The zero-order chi connectivity index (χ0) is 16.9. The molecule has 1 aromatic rings. The Bertz CT molecular complexity index is 587. The summed E-state index contributed by atoms with van der Waals surface area (Å²) in [4.78, 5) is 45.6. The number of hydrogen-bond donors (Lipinski definition) is 6. The molecular formula is C12H14N4O6. The van der Waals surface area contributed by atoms with E-state index in [2.05, 4.69) is 10.6 Å². The Labute approximate surface area is 124 Å². The third-order valence-corrected chi connectivity index (χ3v) is 2.47. The summed E-state index contributed by atoms with van der Waals surface area (Å²) in [5.41, 5.74) is 2.19. The van der Waals surface area contributed by atoms with Gasteiger partial charge in [-0.15, -0.1) is 0 Å². The number of benzene rings is 1. The highest BCUT2D eigenvalue weighted by Gasteiger charge is 2.20. The summed E-state index contributed by atoms with van der Waals surface area (Å²) >= 11 is 0. The van der Waals surface area contributed by atoms with Crippen molar-refractivity contribution < 1.29 is 29.6 Å². The lowest BCUT2D eigenvalue weighted by atomic mass is 10.0. The quantitative estimate of drug-likeness (QED) is 0.335. The molecule has 0 atom stereocenters. The Morgan fingerprint density at radius 2 is 1.09 bits per heavy atom. The summed E-state index contributed by atoms with van der Waals surface area (Å²) in [6.07, 6.45) is 0. The van der Waals surface area contributed by atoms with Crippen LogP contribution >= 0.6 is 0 Å². The van der Waals surface area contributed by atoms with Crippen LogP contribution in [0.25, 0.3) is 0 Å². The van der Waals surface area contributed by atoms with Crippen molar-refractivity contribution >= 4 is 35.0 Å². The van der Waals surface area contributed by atoms with Gasteiger partial charge in [0.15, 0.2) is 0 Å². The largest absolute Gasteiger partial charge is 0.326 e. The number of hydrogen-bond acceptors (Lipinski definition) is 6. The number of rotatable bonds is 4. The van der Waals surface area contributed by atoms with E-state index >= 15 is 0 Å². The molecule has 0 aliphatic carbocycles. The number of anilines is 2. The predicted octanol–water partition coefficient (Wildman–Crippen LogP) is -0.159. The maximum Gasteiger partial charge on any atom is 0.276 e. The molecule has 1 rings (SSSR count). The molecule has 0 unspecified atom stereocenters. The summed E-state index contributed by atoms with van der Waals surface area (Å²) in [7, 11) is 0. The molecule has 0 fully saturated rings. The molecule has 0 aliphatic rings. The number of nitrogens with one attached hydrogen (secondary N) is 4. The zero-order valence-electron chi connectivity index (χ0n) is 11.7. The first kappa shape index (κ1) is 17.1. The molecule has 0 saturated heterocycles. The van der Waals surface area contributed by atoms with Gasteiger partial charge < -0.3 is 10.6 Å². The third kappa shape index (κ3) is 4.01. The van der Waals surface area contributed by atoms with Crippen LogP contribution in [0.5, 0.6) is 0 Å². The molecule has 4 amide bonds. The van der Waals surface area contributed by atoms with Crippen molar-refractivity contribution in [2.45, 2.75) is 13.8 Å². The molecule has 10 nitrogen and oxygen atoms in total. The molecule has 0 radical (unpaired) electrons. The van der Waals surface area contributed by atoms with Crippen LogP contribution in [0.3, 0.4) is 0 Å². The smallest absolute Gasteiger partial charge is 0.276 e. The van der Waals surface area contributed by atoms with E-state index < -0.39 is 23.6 Å². The van der Waals surface area contributed by atoms with Crippen LogP contribution in [0.2, 0.25) is 0 Å². The van der Waals surface area contributed by atoms with Crippen molar-refractivity contribution in [2.24, 2.45) is 0 Å². The molecule has 118 valence electrons. The highest BCUT2D eigenvalue weighted by atomic mass is 16.5. The first-order valence-electron chi connectivity index (χ1n) is 5.92. The van der Waals surface area contributed by atoms with Crippen molar-refractivity contribution in [2.75, 3.05) is 10.6 Å². The second-order valence-electron chi connectivity index (χ2n) is 4.19. The molecule has 1 aromatic carbocycles. The van der Waals surface area contributed by atoms with Crippen molar-refractivity contribution in [3.05, 3.63) is 23.3 Å².